The molecule has 3 nitrogen and oxygen atoms in total. The number of benzene rings is 2. The summed E-state index contributed by atoms with van der Waals surface area (Å²) in [6.07, 6.45) is 6.71. The van der Waals surface area contributed by atoms with Crippen LogP contribution in [-0.4, -0.2) is 16.8 Å². The van der Waals surface area contributed by atoms with Crippen LogP contribution in [0, 0.1) is 6.92 Å². The first kappa shape index (κ1) is 16.4. The number of nitrogens with zero attached hydrogens (tertiary/aromatic N) is 1. The molecule has 0 amide bonds. The predicted octanol–water partition coefficient (Wildman–Crippen LogP) is 4.90. The van der Waals surface area contributed by atoms with Gasteiger partial charge in [0.1, 0.15) is 0 Å². The lowest BCUT2D eigenvalue weighted by Gasteiger charge is -2.03. The molecule has 2 aromatic carbocycles. The van der Waals surface area contributed by atoms with Gasteiger partial charge in [0.25, 0.3) is 0 Å². The third kappa shape index (κ3) is 5.40. The lowest BCUT2D eigenvalue weighted by Crippen LogP contribution is -1.91. The topological polar surface area (TPSA) is 49.7 Å². The summed E-state index contributed by atoms with van der Waals surface area (Å²) in [5.74, 6) is -0.974. The third-order valence-corrected chi connectivity index (χ3v) is 3.25. The molecule has 0 radical (unpaired) electrons. The summed E-state index contributed by atoms with van der Waals surface area (Å²) >= 11 is 0. The molecular formula is C20H19NO2. The third-order valence-electron chi connectivity index (χ3n) is 3.25. The number of carboxylic acids is 1. The molecule has 0 aromatic heterocycles. The minimum Gasteiger partial charge on any atom is -0.478 e. The fraction of sp³-hybridized carbons (Fsp3) is 0.100. The molecule has 0 spiro atoms. The van der Waals surface area contributed by atoms with Gasteiger partial charge in [0.05, 0.1) is 5.69 Å². The first-order valence-electron chi connectivity index (χ1n) is 7.35. The number of aliphatic carboxylic acids is 1. The second-order valence-corrected chi connectivity index (χ2v) is 5.21. The van der Waals surface area contributed by atoms with Gasteiger partial charge in [-0.3, -0.25) is 4.99 Å². The standard InChI is InChI=1S/C20H19NO2/c1-15-14-18(10-9-17-6-4-3-5-7-17)11-12-19(15)21-16(2)8-13-20(22)23/h3-14H,1-2H3,(H,22,23)/b10-9+,13-8+,21-16?. The molecule has 116 valence electrons. The van der Waals surface area contributed by atoms with Gasteiger partial charge >= 0.3 is 5.97 Å². The number of allylic oxidation sites excluding steroid dienone is 1. The van der Waals surface area contributed by atoms with Crippen LogP contribution in [0.4, 0.5) is 5.69 Å². The van der Waals surface area contributed by atoms with Gasteiger partial charge in [0.2, 0.25) is 0 Å². The molecule has 0 saturated carbocycles. The monoisotopic (exact) mass is 305 g/mol. The van der Waals surface area contributed by atoms with E-state index in [1.807, 2.05) is 37.3 Å². The number of carbonyl (C=O) groups is 1. The van der Waals surface area contributed by atoms with Crippen molar-refractivity contribution in [3.8, 4) is 0 Å². The summed E-state index contributed by atoms with van der Waals surface area (Å²) in [5, 5.41) is 8.62. The molecule has 23 heavy (non-hydrogen) atoms. The first-order chi connectivity index (χ1) is 11.0. The highest BCUT2D eigenvalue weighted by atomic mass is 16.4. The lowest BCUT2D eigenvalue weighted by atomic mass is 10.1. The molecule has 1 N–H and O–H groups in total. The van der Waals surface area contributed by atoms with Crippen LogP contribution in [0.25, 0.3) is 12.2 Å². The van der Waals surface area contributed by atoms with Crippen LogP contribution in [0.2, 0.25) is 0 Å². The van der Waals surface area contributed by atoms with Crippen molar-refractivity contribution in [2.24, 2.45) is 4.99 Å². The molecule has 0 bridgehead atoms. The van der Waals surface area contributed by atoms with E-state index in [-0.39, 0.29) is 0 Å². The van der Waals surface area contributed by atoms with Crippen molar-refractivity contribution in [3.63, 3.8) is 0 Å². The van der Waals surface area contributed by atoms with E-state index in [1.165, 1.54) is 6.08 Å². The summed E-state index contributed by atoms with van der Waals surface area (Å²) in [4.78, 5) is 14.9. The van der Waals surface area contributed by atoms with E-state index >= 15 is 0 Å². The van der Waals surface area contributed by atoms with Crippen LogP contribution in [0.3, 0.4) is 0 Å². The Morgan fingerprint density at radius 1 is 1.00 bits per heavy atom. The molecule has 0 unspecified atom stereocenters. The van der Waals surface area contributed by atoms with Crippen LogP contribution >= 0.6 is 0 Å². The van der Waals surface area contributed by atoms with Crippen molar-refractivity contribution in [1.82, 2.24) is 0 Å². The molecule has 0 atom stereocenters. The summed E-state index contributed by atoms with van der Waals surface area (Å²) < 4.78 is 0. The van der Waals surface area contributed by atoms with Gasteiger partial charge in [0, 0.05) is 11.8 Å². The maximum Gasteiger partial charge on any atom is 0.328 e. The molecule has 0 fully saturated rings. The van der Waals surface area contributed by atoms with E-state index in [0.29, 0.717) is 5.71 Å². The van der Waals surface area contributed by atoms with Crippen LogP contribution in [0.1, 0.15) is 23.6 Å². The predicted molar refractivity (Wildman–Crippen MR) is 96.1 cm³/mol. The van der Waals surface area contributed by atoms with Crippen LogP contribution in [-0.2, 0) is 4.79 Å². The van der Waals surface area contributed by atoms with Crippen molar-refractivity contribution >= 4 is 29.5 Å². The quantitative estimate of drug-likeness (QED) is 0.485. The fourth-order valence-electron chi connectivity index (χ4n) is 2.08. The normalized spacial score (nSPS) is 12.2. The summed E-state index contributed by atoms with van der Waals surface area (Å²) in [7, 11) is 0. The highest BCUT2D eigenvalue weighted by molar-refractivity contribution is 5.99. The second-order valence-electron chi connectivity index (χ2n) is 5.21. The Morgan fingerprint density at radius 2 is 1.70 bits per heavy atom. The number of aliphatic imine (C=N–C) groups is 1. The zero-order valence-corrected chi connectivity index (χ0v) is 13.2. The highest BCUT2D eigenvalue weighted by Gasteiger charge is 1.98. The smallest absolute Gasteiger partial charge is 0.328 e. The molecule has 0 saturated heterocycles. The Balaban J connectivity index is 2.16. The maximum atomic E-state index is 10.5. The van der Waals surface area contributed by atoms with Gasteiger partial charge < -0.3 is 5.11 Å². The van der Waals surface area contributed by atoms with Crippen molar-refractivity contribution in [2.75, 3.05) is 0 Å². The van der Waals surface area contributed by atoms with Gasteiger partial charge in [0.15, 0.2) is 0 Å². The van der Waals surface area contributed by atoms with Crippen molar-refractivity contribution in [1.29, 1.82) is 0 Å². The van der Waals surface area contributed by atoms with Crippen molar-refractivity contribution < 1.29 is 9.90 Å². The fourth-order valence-corrected chi connectivity index (χ4v) is 2.08. The van der Waals surface area contributed by atoms with Gasteiger partial charge in [-0.05, 0) is 48.7 Å². The zero-order valence-electron chi connectivity index (χ0n) is 13.2. The van der Waals surface area contributed by atoms with Gasteiger partial charge in [-0.1, -0.05) is 48.6 Å². The van der Waals surface area contributed by atoms with Gasteiger partial charge in [-0.2, -0.15) is 0 Å². The summed E-state index contributed by atoms with van der Waals surface area (Å²) in [6.45, 7) is 3.77. The number of carboxylic acid groups (broad SMARTS) is 1. The molecule has 0 heterocycles. The average Bonchev–Trinajstić information content (AvgIpc) is 2.54. The molecule has 0 aliphatic carbocycles. The van der Waals surface area contributed by atoms with E-state index in [0.717, 1.165) is 28.5 Å². The Hall–Kier alpha value is -2.94. The number of hydrogen-bond acceptors (Lipinski definition) is 2. The summed E-state index contributed by atoms with van der Waals surface area (Å²) in [5.41, 5.74) is 4.80. The molecule has 3 heteroatoms. The number of hydrogen-bond donors (Lipinski definition) is 1. The van der Waals surface area contributed by atoms with E-state index in [1.54, 1.807) is 6.92 Å². The zero-order chi connectivity index (χ0) is 16.7. The Morgan fingerprint density at radius 3 is 2.35 bits per heavy atom. The molecule has 0 aliphatic rings. The van der Waals surface area contributed by atoms with Gasteiger partial charge in [-0.25, -0.2) is 4.79 Å². The maximum absolute atomic E-state index is 10.5. The molecule has 2 aromatic rings. The van der Waals surface area contributed by atoms with Gasteiger partial charge in [-0.15, -0.1) is 0 Å². The molecule has 0 aliphatic heterocycles. The van der Waals surface area contributed by atoms with Crippen LogP contribution in [0.15, 0.2) is 65.7 Å². The van der Waals surface area contributed by atoms with E-state index in [4.69, 9.17) is 5.11 Å². The van der Waals surface area contributed by atoms with Crippen LogP contribution < -0.4 is 0 Å². The summed E-state index contributed by atoms with van der Waals surface area (Å²) in [6, 6.07) is 16.1. The minimum absolute atomic E-state index is 0.656. The highest BCUT2D eigenvalue weighted by Crippen LogP contribution is 2.21. The minimum atomic E-state index is -0.974. The largest absolute Gasteiger partial charge is 0.478 e. The van der Waals surface area contributed by atoms with E-state index in [2.05, 4.69) is 35.3 Å². The Bertz CT molecular complexity index is 771. The second kappa shape index (κ2) is 7.90. The number of rotatable bonds is 5. The Kier molecular flexibility index (Phi) is 5.64. The van der Waals surface area contributed by atoms with E-state index in [9.17, 15) is 4.79 Å². The van der Waals surface area contributed by atoms with E-state index < -0.39 is 5.97 Å². The first-order valence-corrected chi connectivity index (χ1v) is 7.35. The van der Waals surface area contributed by atoms with Crippen LogP contribution in [0.5, 0.6) is 0 Å². The lowest BCUT2D eigenvalue weighted by molar-refractivity contribution is -0.131. The number of aryl methyl sites for hydroxylation is 1. The molecular weight excluding hydrogens is 286 g/mol. The molecule has 2 rings (SSSR count). The van der Waals surface area contributed by atoms with Crippen molar-refractivity contribution in [3.05, 3.63) is 77.4 Å². The average molecular weight is 305 g/mol. The SMILES string of the molecule is CC(/C=C/C(=O)O)=Nc1ccc(/C=C/c2ccccc2)cc1C. The van der Waals surface area contributed by atoms with Crippen molar-refractivity contribution in [2.45, 2.75) is 13.8 Å². The Labute approximate surface area is 136 Å².